The van der Waals surface area contributed by atoms with Crippen molar-refractivity contribution in [2.45, 2.75) is 55.8 Å². The van der Waals surface area contributed by atoms with Crippen LogP contribution in [0.4, 0.5) is 0 Å². The normalized spacial score (nSPS) is 20.2. The molecule has 1 amide bonds. The topological polar surface area (TPSA) is 59.8 Å². The number of carbonyl (C=O) groups is 1. The molecule has 2 atom stereocenters. The van der Waals surface area contributed by atoms with Crippen molar-refractivity contribution >= 4 is 17.7 Å². The van der Waals surface area contributed by atoms with Crippen molar-refractivity contribution < 1.29 is 4.79 Å². The van der Waals surface area contributed by atoms with Crippen LogP contribution in [-0.4, -0.2) is 25.9 Å². The molecule has 2 aliphatic rings. The van der Waals surface area contributed by atoms with Gasteiger partial charge in [0.15, 0.2) is 5.82 Å². The molecular formula is C17H20N4OS. The van der Waals surface area contributed by atoms with Crippen molar-refractivity contribution in [2.75, 3.05) is 0 Å². The number of nitrogens with zero attached hydrogens (tertiary/aromatic N) is 3. The zero-order valence-corrected chi connectivity index (χ0v) is 14.2. The Labute approximate surface area is 139 Å². The Hall–Kier alpha value is -1.82. The van der Waals surface area contributed by atoms with Crippen LogP contribution in [0.25, 0.3) is 0 Å². The van der Waals surface area contributed by atoms with Gasteiger partial charge in [-0.15, -0.1) is 22.0 Å². The third-order valence-electron chi connectivity index (χ3n) is 4.57. The molecule has 0 fully saturated rings. The van der Waals surface area contributed by atoms with Gasteiger partial charge in [0.1, 0.15) is 5.82 Å². The van der Waals surface area contributed by atoms with Crippen molar-refractivity contribution in [3.05, 3.63) is 41.0 Å². The Balaban J connectivity index is 1.44. The van der Waals surface area contributed by atoms with Crippen molar-refractivity contribution in [3.63, 3.8) is 0 Å². The molecular weight excluding hydrogens is 308 g/mol. The zero-order chi connectivity index (χ0) is 16.0. The van der Waals surface area contributed by atoms with E-state index >= 15 is 0 Å². The smallest absolute Gasteiger partial charge is 0.234 e. The van der Waals surface area contributed by atoms with E-state index in [-0.39, 0.29) is 17.2 Å². The van der Waals surface area contributed by atoms with Gasteiger partial charge in [-0.2, -0.15) is 0 Å². The summed E-state index contributed by atoms with van der Waals surface area (Å²) in [6.45, 7) is 5.04. The van der Waals surface area contributed by atoms with Crippen molar-refractivity contribution in [2.24, 2.45) is 0 Å². The van der Waals surface area contributed by atoms with Gasteiger partial charge in [-0.25, -0.2) is 0 Å². The minimum absolute atomic E-state index is 0.0461. The molecule has 2 unspecified atom stereocenters. The van der Waals surface area contributed by atoms with E-state index in [1.165, 1.54) is 16.0 Å². The second kappa shape index (κ2) is 5.67. The van der Waals surface area contributed by atoms with Crippen LogP contribution in [0, 0.1) is 6.92 Å². The molecule has 0 bridgehead atoms. The summed E-state index contributed by atoms with van der Waals surface area (Å²) in [7, 11) is 0. The maximum Gasteiger partial charge on any atom is 0.234 e. The number of hydrogen-bond donors (Lipinski definition) is 1. The second-order valence-electron chi connectivity index (χ2n) is 6.38. The van der Waals surface area contributed by atoms with E-state index in [1.807, 2.05) is 6.92 Å². The summed E-state index contributed by atoms with van der Waals surface area (Å²) in [5, 5.41) is 11.6. The van der Waals surface area contributed by atoms with E-state index in [4.69, 9.17) is 0 Å². The van der Waals surface area contributed by atoms with Crippen LogP contribution < -0.4 is 5.32 Å². The van der Waals surface area contributed by atoms with E-state index in [1.54, 1.807) is 11.8 Å². The average Bonchev–Trinajstić information content (AvgIpc) is 3.20. The lowest BCUT2D eigenvalue weighted by Gasteiger charge is -2.16. The molecule has 4 rings (SSSR count). The van der Waals surface area contributed by atoms with E-state index in [0.717, 1.165) is 37.5 Å². The standard InChI is InChI=1S/C17H20N4OS/c1-10-5-6-12-9-14(23-13(12)8-10)17(22)18-11(2)16-20-19-15-4-3-7-21(15)16/h5-6,8,11,14H,3-4,7,9H2,1-2H3,(H,18,22). The molecule has 6 heteroatoms. The molecule has 0 spiro atoms. The highest BCUT2D eigenvalue weighted by Gasteiger charge is 2.30. The molecule has 2 aliphatic heterocycles. The van der Waals surface area contributed by atoms with E-state index in [0.29, 0.717) is 0 Å². The average molecular weight is 328 g/mol. The van der Waals surface area contributed by atoms with Gasteiger partial charge in [0.05, 0.1) is 11.3 Å². The summed E-state index contributed by atoms with van der Waals surface area (Å²) in [5.41, 5.74) is 2.52. The molecule has 23 heavy (non-hydrogen) atoms. The Morgan fingerprint density at radius 1 is 1.43 bits per heavy atom. The lowest BCUT2D eigenvalue weighted by molar-refractivity contribution is -0.121. The molecule has 1 aromatic heterocycles. The minimum Gasteiger partial charge on any atom is -0.345 e. The maximum absolute atomic E-state index is 12.6. The Kier molecular flexibility index (Phi) is 3.64. The first-order chi connectivity index (χ1) is 11.1. The molecule has 3 heterocycles. The minimum atomic E-state index is -0.104. The third kappa shape index (κ3) is 2.65. The lowest BCUT2D eigenvalue weighted by Crippen LogP contribution is -2.35. The van der Waals surface area contributed by atoms with Crippen LogP contribution in [0.5, 0.6) is 0 Å². The number of amides is 1. The first kappa shape index (κ1) is 14.8. The van der Waals surface area contributed by atoms with Crippen LogP contribution in [-0.2, 0) is 24.2 Å². The SMILES string of the molecule is Cc1ccc2c(c1)SC(C(=O)NC(C)c1nnc3n1CCC3)C2. The number of thioether (sulfide) groups is 1. The number of aromatic nitrogens is 3. The number of fused-ring (bicyclic) bond motifs is 2. The summed E-state index contributed by atoms with van der Waals surface area (Å²) < 4.78 is 2.14. The van der Waals surface area contributed by atoms with Crippen LogP contribution in [0.3, 0.4) is 0 Å². The number of aryl methyl sites for hydroxylation is 2. The Morgan fingerprint density at radius 2 is 2.30 bits per heavy atom. The number of benzene rings is 1. The fraction of sp³-hybridized carbons (Fsp3) is 0.471. The summed E-state index contributed by atoms with van der Waals surface area (Å²) in [5.74, 6) is 2.01. The highest BCUT2D eigenvalue weighted by atomic mass is 32.2. The number of nitrogens with one attached hydrogen (secondary N) is 1. The molecule has 0 saturated carbocycles. The first-order valence-electron chi connectivity index (χ1n) is 8.10. The van der Waals surface area contributed by atoms with Gasteiger partial charge >= 0.3 is 0 Å². The predicted octanol–water partition coefficient (Wildman–Crippen LogP) is 2.43. The fourth-order valence-electron chi connectivity index (χ4n) is 3.35. The highest BCUT2D eigenvalue weighted by Crippen LogP contribution is 2.37. The zero-order valence-electron chi connectivity index (χ0n) is 13.4. The van der Waals surface area contributed by atoms with Gasteiger partial charge in [0.2, 0.25) is 5.91 Å². The monoisotopic (exact) mass is 328 g/mol. The fourth-order valence-corrected chi connectivity index (χ4v) is 4.65. The van der Waals surface area contributed by atoms with Crippen molar-refractivity contribution in [1.82, 2.24) is 20.1 Å². The van der Waals surface area contributed by atoms with Crippen molar-refractivity contribution in [3.8, 4) is 0 Å². The molecule has 120 valence electrons. The molecule has 0 aliphatic carbocycles. The Bertz CT molecular complexity index is 770. The van der Waals surface area contributed by atoms with E-state index in [2.05, 4.69) is 45.2 Å². The van der Waals surface area contributed by atoms with Gasteiger partial charge in [-0.3, -0.25) is 4.79 Å². The molecule has 5 nitrogen and oxygen atoms in total. The molecule has 0 saturated heterocycles. The quantitative estimate of drug-likeness (QED) is 0.940. The first-order valence-corrected chi connectivity index (χ1v) is 8.98. The van der Waals surface area contributed by atoms with Crippen LogP contribution in [0.1, 0.15) is 42.2 Å². The third-order valence-corrected chi connectivity index (χ3v) is 5.87. The van der Waals surface area contributed by atoms with Gasteiger partial charge in [-0.1, -0.05) is 17.7 Å². The van der Waals surface area contributed by atoms with E-state index in [9.17, 15) is 4.79 Å². The molecule has 1 aromatic carbocycles. The highest BCUT2D eigenvalue weighted by molar-refractivity contribution is 8.01. The predicted molar refractivity (Wildman–Crippen MR) is 89.4 cm³/mol. The van der Waals surface area contributed by atoms with Gasteiger partial charge in [-0.05, 0) is 38.3 Å². The molecule has 0 radical (unpaired) electrons. The van der Waals surface area contributed by atoms with Gasteiger partial charge < -0.3 is 9.88 Å². The van der Waals surface area contributed by atoms with Crippen LogP contribution in [0.2, 0.25) is 0 Å². The van der Waals surface area contributed by atoms with Crippen LogP contribution >= 0.6 is 11.8 Å². The molecule has 2 aromatic rings. The van der Waals surface area contributed by atoms with Crippen molar-refractivity contribution in [1.29, 1.82) is 0 Å². The summed E-state index contributed by atoms with van der Waals surface area (Å²) in [4.78, 5) is 13.9. The lowest BCUT2D eigenvalue weighted by atomic mass is 10.1. The largest absolute Gasteiger partial charge is 0.345 e. The number of carbonyl (C=O) groups excluding carboxylic acids is 1. The maximum atomic E-state index is 12.6. The summed E-state index contributed by atoms with van der Waals surface area (Å²) >= 11 is 1.67. The molecule has 1 N–H and O–H groups in total. The van der Waals surface area contributed by atoms with Crippen LogP contribution in [0.15, 0.2) is 23.1 Å². The second-order valence-corrected chi connectivity index (χ2v) is 7.63. The van der Waals surface area contributed by atoms with Gasteiger partial charge in [0.25, 0.3) is 0 Å². The summed E-state index contributed by atoms with van der Waals surface area (Å²) in [6, 6.07) is 6.32. The number of rotatable bonds is 3. The summed E-state index contributed by atoms with van der Waals surface area (Å²) in [6.07, 6.45) is 2.91. The Morgan fingerprint density at radius 3 is 3.17 bits per heavy atom. The number of hydrogen-bond acceptors (Lipinski definition) is 4. The van der Waals surface area contributed by atoms with E-state index < -0.39 is 0 Å². The van der Waals surface area contributed by atoms with Gasteiger partial charge in [0, 0.05) is 17.9 Å².